The highest BCUT2D eigenvalue weighted by Gasteiger charge is 2.40. The molecule has 2 amide bonds. The molecule has 7 nitrogen and oxygen atoms in total. The Morgan fingerprint density at radius 3 is 2.45 bits per heavy atom. The minimum atomic E-state index is -0.901. The molecule has 3 N–H and O–H groups in total. The van der Waals surface area contributed by atoms with Crippen molar-refractivity contribution in [3.8, 4) is 11.1 Å². The van der Waals surface area contributed by atoms with E-state index < -0.39 is 11.6 Å². The third-order valence-corrected chi connectivity index (χ3v) is 9.60. The van der Waals surface area contributed by atoms with Gasteiger partial charge >= 0.3 is 6.09 Å². The molecular formula is C39H43FN4O3. The largest absolute Gasteiger partial charge is 0.465 e. The number of halogens is 1. The number of carbonyl (C=O) groups is 2. The van der Waals surface area contributed by atoms with Crippen molar-refractivity contribution in [3.63, 3.8) is 0 Å². The van der Waals surface area contributed by atoms with Gasteiger partial charge in [-0.3, -0.25) is 9.69 Å². The number of piperidine rings is 1. The number of piperazine rings is 1. The van der Waals surface area contributed by atoms with Crippen LogP contribution in [0.2, 0.25) is 0 Å². The highest BCUT2D eigenvalue weighted by Crippen LogP contribution is 2.30. The van der Waals surface area contributed by atoms with E-state index in [0.717, 1.165) is 48.2 Å². The van der Waals surface area contributed by atoms with Crippen molar-refractivity contribution in [1.29, 1.82) is 0 Å². The summed E-state index contributed by atoms with van der Waals surface area (Å²) in [6.45, 7) is 6.54. The van der Waals surface area contributed by atoms with Crippen LogP contribution in [0.4, 0.5) is 9.18 Å². The van der Waals surface area contributed by atoms with Crippen LogP contribution >= 0.6 is 0 Å². The maximum Gasteiger partial charge on any atom is 0.407 e. The number of hydrogen-bond donors (Lipinski definition) is 3. The molecule has 8 heteroatoms. The van der Waals surface area contributed by atoms with Crippen LogP contribution in [0, 0.1) is 5.82 Å². The zero-order valence-electron chi connectivity index (χ0n) is 26.9. The van der Waals surface area contributed by atoms with E-state index >= 15 is 4.39 Å². The summed E-state index contributed by atoms with van der Waals surface area (Å²) in [6, 6.07) is 30.7. The van der Waals surface area contributed by atoms with Crippen molar-refractivity contribution in [2.75, 3.05) is 32.7 Å². The highest BCUT2D eigenvalue weighted by molar-refractivity contribution is 5.94. The fourth-order valence-electron chi connectivity index (χ4n) is 7.18. The smallest absolute Gasteiger partial charge is 0.407 e. The minimum Gasteiger partial charge on any atom is -0.465 e. The van der Waals surface area contributed by atoms with E-state index in [0.29, 0.717) is 49.6 Å². The Hall–Kier alpha value is -4.53. The van der Waals surface area contributed by atoms with Crippen LogP contribution in [0.3, 0.4) is 0 Å². The predicted octanol–water partition coefficient (Wildman–Crippen LogP) is 6.69. The van der Waals surface area contributed by atoms with Gasteiger partial charge in [-0.2, -0.15) is 0 Å². The molecule has 0 aromatic heterocycles. The van der Waals surface area contributed by atoms with Crippen LogP contribution in [0.5, 0.6) is 0 Å². The third kappa shape index (κ3) is 7.89. The summed E-state index contributed by atoms with van der Waals surface area (Å²) in [5, 5.41) is 16.4. The first-order chi connectivity index (χ1) is 22.8. The third-order valence-electron chi connectivity index (χ3n) is 9.60. The lowest BCUT2D eigenvalue weighted by Crippen LogP contribution is -2.63. The molecule has 0 unspecified atom stereocenters. The molecule has 2 aliphatic rings. The molecule has 6 rings (SSSR count). The van der Waals surface area contributed by atoms with Crippen molar-refractivity contribution in [2.24, 2.45) is 0 Å². The number of carboxylic acid groups (broad SMARTS) is 1. The molecule has 0 bridgehead atoms. The van der Waals surface area contributed by atoms with Gasteiger partial charge < -0.3 is 20.6 Å². The van der Waals surface area contributed by atoms with E-state index in [4.69, 9.17) is 0 Å². The summed E-state index contributed by atoms with van der Waals surface area (Å²) >= 11 is 0. The van der Waals surface area contributed by atoms with E-state index in [1.54, 1.807) is 11.0 Å². The van der Waals surface area contributed by atoms with Gasteiger partial charge in [0.25, 0.3) is 5.91 Å². The second-order valence-corrected chi connectivity index (χ2v) is 13.2. The summed E-state index contributed by atoms with van der Waals surface area (Å²) in [4.78, 5) is 29.1. The first kappa shape index (κ1) is 32.4. The molecule has 4 aromatic rings. The van der Waals surface area contributed by atoms with Crippen LogP contribution in [0.25, 0.3) is 11.1 Å². The van der Waals surface area contributed by atoms with E-state index in [1.165, 1.54) is 11.6 Å². The van der Waals surface area contributed by atoms with Gasteiger partial charge in [-0.15, -0.1) is 0 Å². The molecule has 2 aliphatic heterocycles. The molecule has 0 aliphatic carbocycles. The average molecular weight is 635 g/mol. The van der Waals surface area contributed by atoms with Gasteiger partial charge in [0.1, 0.15) is 5.82 Å². The fourth-order valence-corrected chi connectivity index (χ4v) is 7.18. The van der Waals surface area contributed by atoms with E-state index in [-0.39, 0.29) is 18.3 Å². The molecule has 4 aromatic carbocycles. The number of benzene rings is 4. The van der Waals surface area contributed by atoms with Crippen LogP contribution < -0.4 is 10.6 Å². The monoisotopic (exact) mass is 634 g/mol. The SMILES string of the molecule is C[C@]1(Cc2ccccc2)CN(Cc2cccc(-c3cc(CNC(=O)c4cccc(C5CCNCC5)c4)ccc3F)c2)CCN1C(=O)O. The summed E-state index contributed by atoms with van der Waals surface area (Å²) in [5.41, 5.74) is 5.45. The quantitative estimate of drug-likeness (QED) is 0.191. The molecule has 2 saturated heterocycles. The van der Waals surface area contributed by atoms with Gasteiger partial charge in [0.2, 0.25) is 0 Å². The van der Waals surface area contributed by atoms with Crippen LogP contribution in [-0.2, 0) is 19.5 Å². The normalized spacial score (nSPS) is 19.0. The van der Waals surface area contributed by atoms with Crippen molar-refractivity contribution >= 4 is 12.0 Å². The van der Waals surface area contributed by atoms with E-state index in [9.17, 15) is 14.7 Å². The van der Waals surface area contributed by atoms with E-state index in [2.05, 4.69) is 21.6 Å². The van der Waals surface area contributed by atoms with Gasteiger partial charge in [0.15, 0.2) is 0 Å². The molecule has 0 saturated carbocycles. The van der Waals surface area contributed by atoms with Crippen molar-refractivity contribution < 1.29 is 19.1 Å². The maximum atomic E-state index is 15.2. The standard InChI is InChI=1S/C39H43FN4O3/c1-39(24-28-7-3-2-4-8-28)27-43(19-20-44(39)38(46)47)26-30-9-5-11-33(21-30)35-22-29(13-14-36(35)40)25-42-37(45)34-12-6-10-32(23-34)31-15-17-41-18-16-31/h2-14,21-23,31,41H,15-20,24-27H2,1H3,(H,42,45)(H,46,47)/t39-/m0/s1. The van der Waals surface area contributed by atoms with Crippen molar-refractivity contribution in [1.82, 2.24) is 20.4 Å². The van der Waals surface area contributed by atoms with Gasteiger partial charge in [-0.1, -0.05) is 66.7 Å². The lowest BCUT2D eigenvalue weighted by Gasteiger charge is -2.48. The Kier molecular flexibility index (Phi) is 9.99. The highest BCUT2D eigenvalue weighted by atomic mass is 19.1. The summed E-state index contributed by atoms with van der Waals surface area (Å²) < 4.78 is 15.2. The van der Waals surface area contributed by atoms with Gasteiger partial charge in [0, 0.05) is 43.9 Å². The Bertz CT molecular complexity index is 1710. The molecule has 244 valence electrons. The Morgan fingerprint density at radius 1 is 0.894 bits per heavy atom. The van der Waals surface area contributed by atoms with Crippen LogP contribution in [0.1, 0.15) is 58.3 Å². The second kappa shape index (κ2) is 14.5. The van der Waals surface area contributed by atoms with Crippen molar-refractivity contribution in [3.05, 3.63) is 131 Å². The maximum absolute atomic E-state index is 15.2. The number of nitrogens with zero attached hydrogens (tertiary/aromatic N) is 2. The molecule has 2 heterocycles. The van der Waals surface area contributed by atoms with Gasteiger partial charge in [-0.05, 0) is 103 Å². The topological polar surface area (TPSA) is 84.9 Å². The number of carbonyl (C=O) groups excluding carboxylic acids is 1. The van der Waals surface area contributed by atoms with Gasteiger partial charge in [0.05, 0.1) is 5.54 Å². The molecule has 0 radical (unpaired) electrons. The molecular weight excluding hydrogens is 591 g/mol. The van der Waals surface area contributed by atoms with Crippen molar-refractivity contribution in [2.45, 2.75) is 50.7 Å². The Morgan fingerprint density at radius 2 is 1.66 bits per heavy atom. The number of nitrogens with one attached hydrogen (secondary N) is 2. The van der Waals surface area contributed by atoms with Crippen LogP contribution in [-0.4, -0.2) is 65.2 Å². The lowest BCUT2D eigenvalue weighted by molar-refractivity contribution is 0.0131. The number of rotatable bonds is 9. The van der Waals surface area contributed by atoms with Crippen LogP contribution in [0.15, 0.2) is 97.1 Å². The number of hydrogen-bond acceptors (Lipinski definition) is 4. The first-order valence-electron chi connectivity index (χ1n) is 16.5. The predicted molar refractivity (Wildman–Crippen MR) is 183 cm³/mol. The fraction of sp³-hybridized carbons (Fsp3) is 0.333. The zero-order chi connectivity index (χ0) is 32.8. The molecule has 1 atom stereocenters. The first-order valence-corrected chi connectivity index (χ1v) is 16.5. The minimum absolute atomic E-state index is 0.143. The summed E-state index contributed by atoms with van der Waals surface area (Å²) in [6.07, 6.45) is 1.86. The summed E-state index contributed by atoms with van der Waals surface area (Å²) in [5.74, 6) is 0.000834. The molecule has 2 fully saturated rings. The summed E-state index contributed by atoms with van der Waals surface area (Å²) in [7, 11) is 0. The Balaban J connectivity index is 1.12. The molecule has 0 spiro atoms. The van der Waals surface area contributed by atoms with E-state index in [1.807, 2.05) is 85.8 Å². The number of amides is 2. The lowest BCUT2D eigenvalue weighted by atomic mass is 9.88. The molecule has 47 heavy (non-hydrogen) atoms. The zero-order valence-corrected chi connectivity index (χ0v) is 26.9. The second-order valence-electron chi connectivity index (χ2n) is 13.2. The average Bonchev–Trinajstić information content (AvgIpc) is 3.08. The Labute approximate surface area is 276 Å². The van der Waals surface area contributed by atoms with Gasteiger partial charge in [-0.25, -0.2) is 9.18 Å².